The molecule has 0 saturated carbocycles. The fraction of sp³-hybridized carbons (Fsp3) is 0.632. The van der Waals surface area contributed by atoms with E-state index in [9.17, 15) is 13.2 Å². The van der Waals surface area contributed by atoms with Gasteiger partial charge in [-0.15, -0.1) is 0 Å². The lowest BCUT2D eigenvalue weighted by molar-refractivity contribution is -0.117. The maximum Gasteiger partial charge on any atom is 0.326 e. The third-order valence-corrected chi connectivity index (χ3v) is 6.69. The van der Waals surface area contributed by atoms with E-state index in [0.717, 1.165) is 29.3 Å². The van der Waals surface area contributed by atoms with E-state index >= 15 is 4.39 Å². The second kappa shape index (κ2) is 9.90. The highest BCUT2D eigenvalue weighted by molar-refractivity contribution is 7.92. The number of hydrogen-bond donors (Lipinski definition) is 2. The molecule has 1 aromatic rings. The summed E-state index contributed by atoms with van der Waals surface area (Å²) < 4.78 is 58.8. The van der Waals surface area contributed by atoms with Crippen molar-refractivity contribution in [3.05, 3.63) is 23.0 Å². The van der Waals surface area contributed by atoms with Crippen LogP contribution in [0.4, 0.5) is 10.1 Å². The molecule has 1 aliphatic carbocycles. The van der Waals surface area contributed by atoms with Crippen molar-refractivity contribution >= 4 is 21.8 Å². The molecule has 9 nitrogen and oxygen atoms in total. The molecule has 1 aromatic carbocycles. The first-order valence-electron chi connectivity index (χ1n) is 9.89. The Kier molecular flexibility index (Phi) is 7.50. The lowest BCUT2D eigenvalue weighted by Crippen LogP contribution is -2.31. The number of hydrogen-bond acceptors (Lipinski definition) is 7. The molecular formula is C19H28FN3O6S. The minimum absolute atomic E-state index is 0.0378. The van der Waals surface area contributed by atoms with Gasteiger partial charge in [0, 0.05) is 7.11 Å². The van der Waals surface area contributed by atoms with Crippen molar-refractivity contribution < 1.29 is 31.8 Å². The van der Waals surface area contributed by atoms with Gasteiger partial charge in [-0.2, -0.15) is 8.42 Å². The SMILES string of the molecule is CNC[C@@H]1CCc2cc(OCOCCOC)c(N3CC(=O)NS3(=O)=O)c(F)c2CC1. The summed E-state index contributed by atoms with van der Waals surface area (Å²) in [6.07, 6.45) is 2.82. The number of ether oxygens (including phenoxy) is 3. The maximum atomic E-state index is 15.7. The van der Waals surface area contributed by atoms with Gasteiger partial charge in [0.05, 0.1) is 13.2 Å². The van der Waals surface area contributed by atoms with Gasteiger partial charge in [-0.05, 0) is 62.4 Å². The minimum Gasteiger partial charge on any atom is -0.465 e. The van der Waals surface area contributed by atoms with Gasteiger partial charge in [0.2, 0.25) is 0 Å². The van der Waals surface area contributed by atoms with Crippen LogP contribution in [0.5, 0.6) is 5.75 Å². The van der Waals surface area contributed by atoms with Crippen LogP contribution in [-0.4, -0.2) is 61.6 Å². The van der Waals surface area contributed by atoms with E-state index in [2.05, 4.69) is 5.32 Å². The molecule has 1 aliphatic heterocycles. The molecule has 2 N–H and O–H groups in total. The summed E-state index contributed by atoms with van der Waals surface area (Å²) >= 11 is 0. The zero-order valence-electron chi connectivity index (χ0n) is 17.2. The average Bonchev–Trinajstić information content (AvgIpc) is 2.84. The van der Waals surface area contributed by atoms with Gasteiger partial charge >= 0.3 is 10.2 Å². The van der Waals surface area contributed by atoms with Crippen LogP contribution in [0.3, 0.4) is 0 Å². The molecule has 0 aromatic heterocycles. The van der Waals surface area contributed by atoms with Crippen LogP contribution in [0.2, 0.25) is 0 Å². The Hall–Kier alpha value is -1.95. The van der Waals surface area contributed by atoms with Gasteiger partial charge in [0.25, 0.3) is 5.91 Å². The van der Waals surface area contributed by atoms with Crippen LogP contribution < -0.4 is 19.1 Å². The Labute approximate surface area is 176 Å². The zero-order chi connectivity index (χ0) is 21.7. The van der Waals surface area contributed by atoms with Gasteiger partial charge in [-0.1, -0.05) is 0 Å². The van der Waals surface area contributed by atoms with Gasteiger partial charge in [0.15, 0.2) is 12.6 Å². The predicted octanol–water partition coefficient (Wildman–Crippen LogP) is 0.720. The van der Waals surface area contributed by atoms with Gasteiger partial charge in [0.1, 0.15) is 18.0 Å². The van der Waals surface area contributed by atoms with Crippen LogP contribution in [0.15, 0.2) is 6.07 Å². The number of benzene rings is 1. The summed E-state index contributed by atoms with van der Waals surface area (Å²) in [7, 11) is -0.767. The second-order valence-corrected chi connectivity index (χ2v) is 8.97. The molecule has 1 fully saturated rings. The quantitative estimate of drug-likeness (QED) is 0.328. The number of aryl methyl sites for hydroxylation is 1. The van der Waals surface area contributed by atoms with Crippen LogP contribution in [0, 0.1) is 11.7 Å². The number of nitrogens with one attached hydrogen (secondary N) is 2. The second-order valence-electron chi connectivity index (χ2n) is 7.38. The molecule has 30 heavy (non-hydrogen) atoms. The van der Waals surface area contributed by atoms with Crippen LogP contribution in [-0.2, 0) is 37.3 Å². The van der Waals surface area contributed by atoms with Crippen molar-refractivity contribution in [1.82, 2.24) is 10.0 Å². The van der Waals surface area contributed by atoms with E-state index in [1.807, 2.05) is 11.8 Å². The molecule has 1 saturated heterocycles. The van der Waals surface area contributed by atoms with Crippen molar-refractivity contribution in [3.8, 4) is 5.75 Å². The highest BCUT2D eigenvalue weighted by atomic mass is 32.2. The highest BCUT2D eigenvalue weighted by Crippen LogP contribution is 2.40. The number of halogens is 1. The summed E-state index contributed by atoms with van der Waals surface area (Å²) in [4.78, 5) is 11.7. The van der Waals surface area contributed by atoms with Crippen molar-refractivity contribution in [1.29, 1.82) is 0 Å². The van der Waals surface area contributed by atoms with Crippen molar-refractivity contribution in [2.24, 2.45) is 5.92 Å². The van der Waals surface area contributed by atoms with Crippen LogP contribution in [0.25, 0.3) is 0 Å². The number of rotatable bonds is 9. The zero-order valence-corrected chi connectivity index (χ0v) is 18.0. The van der Waals surface area contributed by atoms with Crippen molar-refractivity contribution in [3.63, 3.8) is 0 Å². The molecule has 1 heterocycles. The lowest BCUT2D eigenvalue weighted by Gasteiger charge is -2.22. The Balaban J connectivity index is 1.95. The number of methoxy groups -OCH3 is 1. The molecule has 1 amide bonds. The Morgan fingerprint density at radius 3 is 2.73 bits per heavy atom. The van der Waals surface area contributed by atoms with Crippen LogP contribution in [0.1, 0.15) is 24.0 Å². The van der Waals surface area contributed by atoms with E-state index in [1.54, 1.807) is 6.07 Å². The van der Waals surface area contributed by atoms with E-state index in [-0.39, 0.29) is 24.8 Å². The van der Waals surface area contributed by atoms with E-state index in [1.165, 1.54) is 7.11 Å². The third-order valence-electron chi connectivity index (χ3n) is 5.32. The smallest absolute Gasteiger partial charge is 0.326 e. The number of amides is 1. The lowest BCUT2D eigenvalue weighted by atomic mass is 10.00. The highest BCUT2D eigenvalue weighted by Gasteiger charge is 2.39. The standard InChI is InChI=1S/C19H28FN3O6S/c1-21-10-13-3-5-14-9-16(29-12-28-8-7-27-2)19(18(20)15(14)6-4-13)23-11-17(24)22-30(23,25)26/h9,13,21H,3-8,10-12H2,1-2H3,(H,22,24)/t13-/m1/s1. The Bertz CT molecular complexity index is 880. The monoisotopic (exact) mass is 445 g/mol. The predicted molar refractivity (Wildman–Crippen MR) is 108 cm³/mol. The first-order chi connectivity index (χ1) is 14.4. The Morgan fingerprint density at radius 1 is 1.30 bits per heavy atom. The van der Waals surface area contributed by atoms with Crippen molar-refractivity contribution in [2.45, 2.75) is 25.7 Å². The normalized spacial score (nSPS) is 20.6. The fourth-order valence-corrected chi connectivity index (χ4v) is 5.00. The first-order valence-corrected chi connectivity index (χ1v) is 11.3. The van der Waals surface area contributed by atoms with E-state index < -0.39 is 28.5 Å². The largest absolute Gasteiger partial charge is 0.465 e. The summed E-state index contributed by atoms with van der Waals surface area (Å²) in [5.74, 6) is -0.952. The first kappa shape index (κ1) is 22.7. The third kappa shape index (κ3) is 5.02. The molecule has 3 rings (SSSR count). The molecule has 11 heteroatoms. The molecule has 168 valence electrons. The molecular weight excluding hydrogens is 417 g/mol. The average molecular weight is 446 g/mol. The van der Waals surface area contributed by atoms with Crippen LogP contribution >= 0.6 is 0 Å². The summed E-state index contributed by atoms with van der Waals surface area (Å²) in [6.45, 7) is 0.763. The molecule has 0 radical (unpaired) electrons. The Morgan fingerprint density at radius 2 is 2.07 bits per heavy atom. The van der Waals surface area contributed by atoms with Gasteiger partial charge < -0.3 is 19.5 Å². The molecule has 0 unspecified atom stereocenters. The van der Waals surface area contributed by atoms with E-state index in [0.29, 0.717) is 30.9 Å². The van der Waals surface area contributed by atoms with Gasteiger partial charge in [-0.25, -0.2) is 13.4 Å². The maximum absolute atomic E-state index is 15.7. The number of carbonyl (C=O) groups is 1. The van der Waals surface area contributed by atoms with Crippen molar-refractivity contribution in [2.75, 3.05) is 51.6 Å². The fourth-order valence-electron chi connectivity index (χ4n) is 3.84. The van der Waals surface area contributed by atoms with Gasteiger partial charge in [-0.3, -0.25) is 4.79 Å². The number of fused-ring (bicyclic) bond motifs is 1. The molecule has 2 aliphatic rings. The molecule has 0 bridgehead atoms. The topological polar surface area (TPSA) is 106 Å². The number of anilines is 1. The minimum atomic E-state index is -4.19. The molecule has 0 spiro atoms. The molecule has 1 atom stereocenters. The summed E-state index contributed by atoms with van der Waals surface area (Å²) in [6, 6.07) is 1.67. The summed E-state index contributed by atoms with van der Waals surface area (Å²) in [5.41, 5.74) is 1.01. The summed E-state index contributed by atoms with van der Waals surface area (Å²) in [5, 5.41) is 3.16. The van der Waals surface area contributed by atoms with E-state index in [4.69, 9.17) is 14.2 Å². The number of nitrogens with zero attached hydrogens (tertiary/aromatic N) is 1. The number of carbonyl (C=O) groups excluding carboxylic acids is 1.